The van der Waals surface area contributed by atoms with Gasteiger partial charge < -0.3 is 20.1 Å². The highest BCUT2D eigenvalue weighted by molar-refractivity contribution is 6.02. The van der Waals surface area contributed by atoms with E-state index in [1.54, 1.807) is 32.4 Å². The van der Waals surface area contributed by atoms with Crippen LogP contribution >= 0.6 is 0 Å². The summed E-state index contributed by atoms with van der Waals surface area (Å²) < 4.78 is 10.5. The lowest BCUT2D eigenvalue weighted by molar-refractivity contribution is 0.102. The Kier molecular flexibility index (Phi) is 5.51. The molecule has 7 nitrogen and oxygen atoms in total. The van der Waals surface area contributed by atoms with Crippen molar-refractivity contribution in [2.75, 3.05) is 24.9 Å². The Morgan fingerprint density at radius 1 is 0.926 bits per heavy atom. The van der Waals surface area contributed by atoms with Crippen LogP contribution in [0.3, 0.4) is 0 Å². The molecule has 0 aliphatic carbocycles. The third kappa shape index (κ3) is 4.52. The number of carbonyl (C=O) groups is 1. The maximum Gasteiger partial charge on any atom is 0.276 e. The molecule has 0 atom stereocenters. The number of aryl methyl sites for hydroxylation is 1. The fourth-order valence-corrected chi connectivity index (χ4v) is 2.39. The van der Waals surface area contributed by atoms with Gasteiger partial charge in [0, 0.05) is 11.8 Å². The molecular formula is C20H20N4O3. The summed E-state index contributed by atoms with van der Waals surface area (Å²) >= 11 is 0. The van der Waals surface area contributed by atoms with Crippen LogP contribution in [-0.2, 0) is 0 Å². The lowest BCUT2D eigenvalue weighted by atomic mass is 10.2. The van der Waals surface area contributed by atoms with Gasteiger partial charge in [-0.1, -0.05) is 17.7 Å². The molecule has 0 saturated heterocycles. The van der Waals surface area contributed by atoms with E-state index in [0.29, 0.717) is 28.7 Å². The first kappa shape index (κ1) is 18.2. The number of rotatable bonds is 6. The molecule has 3 rings (SSSR count). The number of hydrogen-bond acceptors (Lipinski definition) is 6. The van der Waals surface area contributed by atoms with Crippen molar-refractivity contribution in [1.29, 1.82) is 0 Å². The largest absolute Gasteiger partial charge is 0.497 e. The van der Waals surface area contributed by atoms with Crippen molar-refractivity contribution in [1.82, 2.24) is 10.2 Å². The molecule has 0 spiro atoms. The van der Waals surface area contributed by atoms with Crippen LogP contribution in [0.1, 0.15) is 16.1 Å². The molecule has 0 fully saturated rings. The van der Waals surface area contributed by atoms with E-state index in [9.17, 15) is 4.79 Å². The monoisotopic (exact) mass is 364 g/mol. The Balaban J connectivity index is 1.70. The molecule has 0 saturated carbocycles. The van der Waals surface area contributed by atoms with E-state index < -0.39 is 0 Å². The zero-order valence-electron chi connectivity index (χ0n) is 15.3. The number of nitrogens with zero attached hydrogens (tertiary/aromatic N) is 2. The maximum absolute atomic E-state index is 12.3. The predicted octanol–water partition coefficient (Wildman–Crippen LogP) is 3.80. The molecule has 1 amide bonds. The Bertz CT molecular complexity index is 925. The highest BCUT2D eigenvalue weighted by Crippen LogP contribution is 2.30. The zero-order chi connectivity index (χ0) is 19.2. The van der Waals surface area contributed by atoms with Gasteiger partial charge >= 0.3 is 0 Å². The minimum Gasteiger partial charge on any atom is -0.497 e. The summed E-state index contributed by atoms with van der Waals surface area (Å²) in [4.78, 5) is 12.3. The Hall–Kier alpha value is -3.61. The molecule has 2 N–H and O–H groups in total. The van der Waals surface area contributed by atoms with Gasteiger partial charge in [0.15, 0.2) is 11.5 Å². The van der Waals surface area contributed by atoms with Gasteiger partial charge in [0.2, 0.25) is 0 Å². The van der Waals surface area contributed by atoms with Gasteiger partial charge in [-0.05, 0) is 43.3 Å². The highest BCUT2D eigenvalue weighted by atomic mass is 16.5. The lowest BCUT2D eigenvalue weighted by Crippen LogP contribution is -2.14. The average molecular weight is 364 g/mol. The molecular weight excluding hydrogens is 344 g/mol. The third-order valence-electron chi connectivity index (χ3n) is 3.88. The Morgan fingerprint density at radius 2 is 1.70 bits per heavy atom. The number of carbonyl (C=O) groups excluding carboxylic acids is 1. The summed E-state index contributed by atoms with van der Waals surface area (Å²) in [5.41, 5.74) is 2.77. The average Bonchev–Trinajstić information content (AvgIpc) is 2.70. The Labute approximate surface area is 157 Å². The van der Waals surface area contributed by atoms with Crippen molar-refractivity contribution in [3.8, 4) is 11.5 Å². The van der Waals surface area contributed by atoms with Crippen molar-refractivity contribution in [2.24, 2.45) is 0 Å². The van der Waals surface area contributed by atoms with Gasteiger partial charge in [0.1, 0.15) is 11.5 Å². The predicted molar refractivity (Wildman–Crippen MR) is 104 cm³/mol. The first-order chi connectivity index (χ1) is 13.1. The number of amides is 1. The number of benzene rings is 2. The van der Waals surface area contributed by atoms with Crippen LogP contribution in [0.25, 0.3) is 0 Å². The molecule has 0 unspecified atom stereocenters. The summed E-state index contributed by atoms with van der Waals surface area (Å²) in [6.45, 7) is 1.99. The molecule has 2 aromatic carbocycles. The summed E-state index contributed by atoms with van der Waals surface area (Å²) in [6.07, 6.45) is 0. The number of hydrogen-bond donors (Lipinski definition) is 2. The first-order valence-corrected chi connectivity index (χ1v) is 8.30. The number of ether oxygens (including phenoxy) is 2. The molecule has 0 aliphatic rings. The topological polar surface area (TPSA) is 85.4 Å². The smallest absolute Gasteiger partial charge is 0.276 e. The quantitative estimate of drug-likeness (QED) is 0.692. The van der Waals surface area contributed by atoms with Crippen LogP contribution in [0.4, 0.5) is 17.2 Å². The van der Waals surface area contributed by atoms with Gasteiger partial charge in [-0.2, -0.15) is 0 Å². The second-order valence-corrected chi connectivity index (χ2v) is 5.82. The number of anilines is 3. The van der Waals surface area contributed by atoms with E-state index in [0.717, 1.165) is 5.56 Å². The second-order valence-electron chi connectivity index (χ2n) is 5.82. The van der Waals surface area contributed by atoms with Crippen LogP contribution in [0, 0.1) is 6.92 Å². The van der Waals surface area contributed by atoms with E-state index in [1.165, 1.54) is 0 Å². The van der Waals surface area contributed by atoms with Gasteiger partial charge in [-0.3, -0.25) is 4.79 Å². The van der Waals surface area contributed by atoms with E-state index in [2.05, 4.69) is 20.8 Å². The van der Waals surface area contributed by atoms with Crippen LogP contribution in [0.15, 0.2) is 54.6 Å². The summed E-state index contributed by atoms with van der Waals surface area (Å²) in [6, 6.07) is 16.2. The number of nitrogens with one attached hydrogen (secondary N) is 2. The maximum atomic E-state index is 12.3. The molecule has 0 bridgehead atoms. The van der Waals surface area contributed by atoms with Crippen molar-refractivity contribution in [2.45, 2.75) is 6.92 Å². The zero-order valence-corrected chi connectivity index (χ0v) is 15.3. The molecule has 1 aromatic heterocycles. The van der Waals surface area contributed by atoms with Crippen molar-refractivity contribution in [3.05, 3.63) is 65.9 Å². The van der Waals surface area contributed by atoms with Crippen molar-refractivity contribution < 1.29 is 14.3 Å². The molecule has 3 aromatic rings. The molecule has 0 aliphatic heterocycles. The van der Waals surface area contributed by atoms with Crippen LogP contribution < -0.4 is 20.1 Å². The molecule has 1 heterocycles. The van der Waals surface area contributed by atoms with E-state index in [-0.39, 0.29) is 11.6 Å². The molecule has 7 heteroatoms. The van der Waals surface area contributed by atoms with Crippen molar-refractivity contribution >= 4 is 23.1 Å². The fourth-order valence-electron chi connectivity index (χ4n) is 2.39. The van der Waals surface area contributed by atoms with E-state index in [4.69, 9.17) is 9.47 Å². The van der Waals surface area contributed by atoms with Crippen LogP contribution in [-0.4, -0.2) is 30.3 Å². The van der Waals surface area contributed by atoms with E-state index in [1.807, 2.05) is 43.3 Å². The van der Waals surface area contributed by atoms with E-state index >= 15 is 0 Å². The van der Waals surface area contributed by atoms with Gasteiger partial charge in [0.05, 0.1) is 19.9 Å². The van der Waals surface area contributed by atoms with Gasteiger partial charge in [-0.25, -0.2) is 0 Å². The highest BCUT2D eigenvalue weighted by Gasteiger charge is 2.10. The second kappa shape index (κ2) is 8.18. The third-order valence-corrected chi connectivity index (χ3v) is 3.88. The summed E-state index contributed by atoms with van der Waals surface area (Å²) in [7, 11) is 3.16. The SMILES string of the molecule is COc1ccc(Nc2ccc(C(=O)Nc3ccc(C)cc3)nn2)c(OC)c1. The number of methoxy groups -OCH3 is 2. The van der Waals surface area contributed by atoms with Crippen LogP contribution in [0.5, 0.6) is 11.5 Å². The minimum atomic E-state index is -0.320. The lowest BCUT2D eigenvalue weighted by Gasteiger charge is -2.11. The summed E-state index contributed by atoms with van der Waals surface area (Å²) in [5.74, 6) is 1.47. The molecule has 27 heavy (non-hydrogen) atoms. The molecule has 138 valence electrons. The Morgan fingerprint density at radius 3 is 2.33 bits per heavy atom. The summed E-state index contributed by atoms with van der Waals surface area (Å²) in [5, 5.41) is 13.9. The van der Waals surface area contributed by atoms with Crippen molar-refractivity contribution in [3.63, 3.8) is 0 Å². The fraction of sp³-hybridized carbons (Fsp3) is 0.150. The normalized spacial score (nSPS) is 10.2. The number of aromatic nitrogens is 2. The van der Waals surface area contributed by atoms with Crippen LogP contribution in [0.2, 0.25) is 0 Å². The minimum absolute atomic E-state index is 0.225. The van der Waals surface area contributed by atoms with Gasteiger partial charge in [-0.15, -0.1) is 10.2 Å². The standard InChI is InChI=1S/C20H20N4O3/c1-13-4-6-14(7-5-13)21-20(25)17-10-11-19(24-23-17)22-16-9-8-15(26-2)12-18(16)27-3/h4-12H,1-3H3,(H,21,25)(H,22,24). The first-order valence-electron chi connectivity index (χ1n) is 8.30. The molecule has 0 radical (unpaired) electrons. The van der Waals surface area contributed by atoms with Gasteiger partial charge in [0.25, 0.3) is 5.91 Å².